The molecule has 5 heteroatoms. The monoisotopic (exact) mass is 280 g/mol. The Labute approximate surface area is 120 Å². The topological polar surface area (TPSA) is 60.9 Å². The van der Waals surface area contributed by atoms with Crippen LogP contribution in [0.5, 0.6) is 0 Å². The van der Waals surface area contributed by atoms with Gasteiger partial charge in [0.25, 0.3) is 0 Å². The van der Waals surface area contributed by atoms with Gasteiger partial charge in [0, 0.05) is 19.6 Å². The van der Waals surface area contributed by atoms with Crippen LogP contribution in [-0.4, -0.2) is 52.1 Å². The summed E-state index contributed by atoms with van der Waals surface area (Å²) in [6, 6.07) is -0.109. The van der Waals surface area contributed by atoms with Crippen molar-refractivity contribution in [1.82, 2.24) is 9.80 Å². The highest BCUT2D eigenvalue weighted by atomic mass is 16.4. The number of urea groups is 1. The molecule has 1 saturated heterocycles. The highest BCUT2D eigenvalue weighted by Gasteiger charge is 2.50. The summed E-state index contributed by atoms with van der Waals surface area (Å²) >= 11 is 0. The van der Waals surface area contributed by atoms with Crippen LogP contribution in [0.25, 0.3) is 0 Å². The molecule has 112 valence electrons. The Morgan fingerprint density at radius 1 is 1.40 bits per heavy atom. The second-order valence-electron chi connectivity index (χ2n) is 5.87. The fraction of sp³-hybridized carbons (Fsp3) is 0.733. The van der Waals surface area contributed by atoms with Crippen LogP contribution in [0.1, 0.15) is 46.0 Å². The zero-order valence-corrected chi connectivity index (χ0v) is 12.4. The third-order valence-electron chi connectivity index (χ3n) is 4.49. The first kappa shape index (κ1) is 14.9. The number of likely N-dealkylation sites (tertiary alicyclic amines) is 1. The Hall–Kier alpha value is -1.52. The third kappa shape index (κ3) is 2.53. The number of amides is 2. The first-order valence-corrected chi connectivity index (χ1v) is 7.47. The number of carboxylic acid groups (broad SMARTS) is 1. The predicted molar refractivity (Wildman–Crippen MR) is 76.6 cm³/mol. The molecule has 5 nitrogen and oxygen atoms in total. The molecule has 2 rings (SSSR count). The molecular weight excluding hydrogens is 256 g/mol. The minimum Gasteiger partial charge on any atom is -0.479 e. The van der Waals surface area contributed by atoms with Crippen molar-refractivity contribution in [1.29, 1.82) is 0 Å². The van der Waals surface area contributed by atoms with Crippen LogP contribution < -0.4 is 0 Å². The Morgan fingerprint density at radius 3 is 2.70 bits per heavy atom. The summed E-state index contributed by atoms with van der Waals surface area (Å²) in [5, 5.41) is 9.63. The van der Waals surface area contributed by atoms with E-state index < -0.39 is 11.5 Å². The van der Waals surface area contributed by atoms with E-state index in [0.717, 1.165) is 19.3 Å². The molecule has 0 spiro atoms. The van der Waals surface area contributed by atoms with Crippen molar-refractivity contribution in [2.75, 3.05) is 19.6 Å². The number of carbonyl (C=O) groups is 2. The quantitative estimate of drug-likeness (QED) is 0.808. The third-order valence-corrected chi connectivity index (χ3v) is 4.49. The summed E-state index contributed by atoms with van der Waals surface area (Å²) in [4.78, 5) is 27.8. The second-order valence-corrected chi connectivity index (χ2v) is 5.87. The fourth-order valence-corrected chi connectivity index (χ4v) is 3.28. The maximum atomic E-state index is 12.7. The smallest absolute Gasteiger partial charge is 0.329 e. The Balaban J connectivity index is 2.17. The van der Waals surface area contributed by atoms with Gasteiger partial charge in [0.2, 0.25) is 0 Å². The van der Waals surface area contributed by atoms with E-state index >= 15 is 0 Å². The standard InChI is InChI=1S/C15H24N2O3/c1-3-7-15(13(18)19)8-4-9-17(15)14(20)16-10-5-12(2)6-11-16/h5H,3-4,6-11H2,1-2H3,(H,18,19). The minimum atomic E-state index is -0.984. The summed E-state index contributed by atoms with van der Waals surface area (Å²) < 4.78 is 0. The van der Waals surface area contributed by atoms with Crippen molar-refractivity contribution in [3.63, 3.8) is 0 Å². The highest BCUT2D eigenvalue weighted by molar-refractivity contribution is 5.87. The number of aliphatic carboxylic acids is 1. The van der Waals surface area contributed by atoms with Gasteiger partial charge in [0.05, 0.1) is 0 Å². The summed E-state index contributed by atoms with van der Waals surface area (Å²) in [6.07, 6.45) is 5.60. The summed E-state index contributed by atoms with van der Waals surface area (Å²) in [6.45, 7) is 5.89. The Bertz CT molecular complexity index is 433. The molecule has 0 radical (unpaired) electrons. The lowest BCUT2D eigenvalue weighted by molar-refractivity contribution is -0.148. The highest BCUT2D eigenvalue weighted by Crippen LogP contribution is 2.35. The lowest BCUT2D eigenvalue weighted by atomic mass is 9.91. The van der Waals surface area contributed by atoms with Crippen molar-refractivity contribution in [3.05, 3.63) is 11.6 Å². The predicted octanol–water partition coefficient (Wildman–Crippen LogP) is 2.48. The zero-order chi connectivity index (χ0) is 14.8. The number of carboxylic acids is 1. The normalized spacial score (nSPS) is 26.6. The van der Waals surface area contributed by atoms with Crippen LogP contribution >= 0.6 is 0 Å². The van der Waals surface area contributed by atoms with E-state index in [-0.39, 0.29) is 6.03 Å². The molecule has 1 fully saturated rings. The van der Waals surface area contributed by atoms with Gasteiger partial charge in [0.1, 0.15) is 5.54 Å². The summed E-state index contributed by atoms with van der Waals surface area (Å²) in [5.41, 5.74) is 0.315. The fourth-order valence-electron chi connectivity index (χ4n) is 3.28. The second kappa shape index (κ2) is 5.85. The van der Waals surface area contributed by atoms with Crippen LogP contribution in [-0.2, 0) is 4.79 Å². The van der Waals surface area contributed by atoms with E-state index in [4.69, 9.17) is 0 Å². The maximum Gasteiger partial charge on any atom is 0.329 e. The average Bonchev–Trinajstić information content (AvgIpc) is 2.84. The molecule has 0 aromatic rings. The minimum absolute atomic E-state index is 0.109. The SMILES string of the molecule is CCCC1(C(=O)O)CCCN1C(=O)N1CC=C(C)CC1. The van der Waals surface area contributed by atoms with Gasteiger partial charge >= 0.3 is 12.0 Å². The molecule has 0 saturated carbocycles. The van der Waals surface area contributed by atoms with Crippen molar-refractivity contribution in [2.45, 2.75) is 51.5 Å². The average molecular weight is 280 g/mol. The maximum absolute atomic E-state index is 12.7. The molecule has 1 unspecified atom stereocenters. The Kier molecular flexibility index (Phi) is 4.35. The van der Waals surface area contributed by atoms with Crippen molar-refractivity contribution < 1.29 is 14.7 Å². The number of carbonyl (C=O) groups excluding carboxylic acids is 1. The molecule has 2 aliphatic rings. The van der Waals surface area contributed by atoms with Gasteiger partial charge in [-0.2, -0.15) is 0 Å². The van der Waals surface area contributed by atoms with Crippen LogP contribution in [0.3, 0.4) is 0 Å². The number of hydrogen-bond acceptors (Lipinski definition) is 2. The van der Waals surface area contributed by atoms with E-state index in [0.29, 0.717) is 32.5 Å². The van der Waals surface area contributed by atoms with Gasteiger partial charge < -0.3 is 14.9 Å². The Morgan fingerprint density at radius 2 is 2.15 bits per heavy atom. The van der Waals surface area contributed by atoms with Gasteiger partial charge in [-0.25, -0.2) is 9.59 Å². The zero-order valence-electron chi connectivity index (χ0n) is 12.4. The summed E-state index contributed by atoms with van der Waals surface area (Å²) in [7, 11) is 0. The van der Waals surface area contributed by atoms with Crippen LogP contribution in [0.15, 0.2) is 11.6 Å². The molecule has 0 aliphatic carbocycles. The number of rotatable bonds is 3. The molecule has 0 aromatic carbocycles. The number of nitrogens with zero attached hydrogens (tertiary/aromatic N) is 2. The molecule has 2 amide bonds. The van der Waals surface area contributed by atoms with Gasteiger partial charge in [-0.1, -0.05) is 25.0 Å². The molecule has 1 N–H and O–H groups in total. The first-order chi connectivity index (χ1) is 9.51. The van der Waals surface area contributed by atoms with E-state index in [1.165, 1.54) is 5.57 Å². The van der Waals surface area contributed by atoms with Gasteiger partial charge in [-0.15, -0.1) is 0 Å². The van der Waals surface area contributed by atoms with Crippen molar-refractivity contribution in [2.24, 2.45) is 0 Å². The lowest BCUT2D eigenvalue weighted by Gasteiger charge is -2.38. The largest absolute Gasteiger partial charge is 0.479 e. The molecular formula is C15H24N2O3. The van der Waals surface area contributed by atoms with Crippen molar-refractivity contribution in [3.8, 4) is 0 Å². The van der Waals surface area contributed by atoms with Crippen LogP contribution in [0.2, 0.25) is 0 Å². The number of hydrogen-bond donors (Lipinski definition) is 1. The molecule has 20 heavy (non-hydrogen) atoms. The molecule has 1 atom stereocenters. The van der Waals surface area contributed by atoms with E-state index in [1.807, 2.05) is 6.92 Å². The lowest BCUT2D eigenvalue weighted by Crippen LogP contribution is -2.57. The van der Waals surface area contributed by atoms with E-state index in [9.17, 15) is 14.7 Å². The van der Waals surface area contributed by atoms with Crippen LogP contribution in [0, 0.1) is 0 Å². The van der Waals surface area contributed by atoms with E-state index in [1.54, 1.807) is 9.80 Å². The van der Waals surface area contributed by atoms with Gasteiger partial charge in [-0.3, -0.25) is 0 Å². The van der Waals surface area contributed by atoms with Crippen molar-refractivity contribution >= 4 is 12.0 Å². The van der Waals surface area contributed by atoms with Gasteiger partial charge in [0.15, 0.2) is 0 Å². The van der Waals surface area contributed by atoms with E-state index in [2.05, 4.69) is 13.0 Å². The first-order valence-electron chi connectivity index (χ1n) is 7.47. The van der Waals surface area contributed by atoms with Gasteiger partial charge in [-0.05, 0) is 32.6 Å². The molecule has 0 bridgehead atoms. The molecule has 0 aromatic heterocycles. The molecule has 2 heterocycles. The summed E-state index contributed by atoms with van der Waals surface area (Å²) in [5.74, 6) is -0.853. The molecule has 2 aliphatic heterocycles. The van der Waals surface area contributed by atoms with Crippen LogP contribution in [0.4, 0.5) is 4.79 Å².